The molecule has 0 bridgehead atoms. The highest BCUT2D eigenvalue weighted by atomic mass is 35.5. The fraction of sp³-hybridized carbons (Fsp3) is 0.421. The van der Waals surface area contributed by atoms with Crippen LogP contribution in [0.4, 0.5) is 5.95 Å². The third kappa shape index (κ3) is 4.92. The van der Waals surface area contributed by atoms with Gasteiger partial charge in [-0.15, -0.1) is 0 Å². The van der Waals surface area contributed by atoms with Crippen LogP contribution in [0, 0.1) is 6.92 Å². The topological polar surface area (TPSA) is 58.1 Å². The number of nitrogens with zero attached hydrogens (tertiary/aromatic N) is 3. The van der Waals surface area contributed by atoms with E-state index in [0.29, 0.717) is 18.2 Å². The molecule has 0 aliphatic carbocycles. The maximum absolute atomic E-state index is 12.6. The van der Waals surface area contributed by atoms with Crippen molar-refractivity contribution in [3.05, 3.63) is 52.3 Å². The lowest BCUT2D eigenvalue weighted by molar-refractivity contribution is 0.0718. The second-order valence-electron chi connectivity index (χ2n) is 6.38. The standard InChI is InChI=1S/C19H23ClN4O/c1-14-12-17(18(25)24-10-3-2-4-11-24)23-19(22-14)21-9-8-15-6-5-7-16(20)13-15/h5-7,12-13H,2-4,8-11H2,1H3,(H,21,22,23). The molecule has 132 valence electrons. The third-order valence-electron chi connectivity index (χ3n) is 4.30. The average Bonchev–Trinajstić information content (AvgIpc) is 2.61. The fourth-order valence-corrected chi connectivity index (χ4v) is 3.24. The van der Waals surface area contributed by atoms with E-state index in [0.717, 1.165) is 48.6 Å². The third-order valence-corrected chi connectivity index (χ3v) is 4.54. The smallest absolute Gasteiger partial charge is 0.272 e. The van der Waals surface area contributed by atoms with Crippen LogP contribution in [0.2, 0.25) is 5.02 Å². The largest absolute Gasteiger partial charge is 0.354 e. The number of aromatic nitrogens is 2. The Labute approximate surface area is 153 Å². The Kier molecular flexibility index (Phi) is 5.87. The quantitative estimate of drug-likeness (QED) is 0.885. The van der Waals surface area contributed by atoms with E-state index in [1.807, 2.05) is 36.1 Å². The van der Waals surface area contributed by atoms with E-state index in [4.69, 9.17) is 11.6 Å². The monoisotopic (exact) mass is 358 g/mol. The lowest BCUT2D eigenvalue weighted by atomic mass is 10.1. The highest BCUT2D eigenvalue weighted by Crippen LogP contribution is 2.14. The van der Waals surface area contributed by atoms with Crippen molar-refractivity contribution in [3.8, 4) is 0 Å². The zero-order chi connectivity index (χ0) is 17.6. The molecule has 1 saturated heterocycles. The van der Waals surface area contributed by atoms with Crippen LogP contribution < -0.4 is 5.32 Å². The van der Waals surface area contributed by atoms with Crippen molar-refractivity contribution >= 4 is 23.5 Å². The minimum Gasteiger partial charge on any atom is -0.354 e. The van der Waals surface area contributed by atoms with Crippen LogP contribution in [0.5, 0.6) is 0 Å². The van der Waals surface area contributed by atoms with Crippen LogP contribution >= 0.6 is 11.6 Å². The Morgan fingerprint density at radius 2 is 2.00 bits per heavy atom. The van der Waals surface area contributed by atoms with Gasteiger partial charge in [0.15, 0.2) is 0 Å². The number of hydrogen-bond acceptors (Lipinski definition) is 4. The molecule has 0 unspecified atom stereocenters. The number of carbonyl (C=O) groups excluding carboxylic acids is 1. The predicted octanol–water partition coefficient (Wildman–Crippen LogP) is 3.72. The van der Waals surface area contributed by atoms with Gasteiger partial charge in [0.05, 0.1) is 0 Å². The average molecular weight is 359 g/mol. The van der Waals surface area contributed by atoms with E-state index in [1.54, 1.807) is 6.07 Å². The van der Waals surface area contributed by atoms with Gasteiger partial charge in [0, 0.05) is 30.4 Å². The van der Waals surface area contributed by atoms with E-state index >= 15 is 0 Å². The number of rotatable bonds is 5. The van der Waals surface area contributed by atoms with Crippen LogP contribution in [0.25, 0.3) is 0 Å². The molecule has 3 rings (SSSR count). The van der Waals surface area contributed by atoms with Crippen LogP contribution in [0.1, 0.15) is 41.0 Å². The summed E-state index contributed by atoms with van der Waals surface area (Å²) >= 11 is 6.00. The van der Waals surface area contributed by atoms with Gasteiger partial charge >= 0.3 is 0 Å². The Balaban J connectivity index is 1.63. The van der Waals surface area contributed by atoms with Gasteiger partial charge in [-0.05, 0) is 56.4 Å². The van der Waals surface area contributed by atoms with Gasteiger partial charge in [-0.25, -0.2) is 9.97 Å². The maximum atomic E-state index is 12.6. The number of nitrogens with one attached hydrogen (secondary N) is 1. The Morgan fingerprint density at radius 3 is 2.76 bits per heavy atom. The normalized spacial score (nSPS) is 14.4. The van der Waals surface area contributed by atoms with Gasteiger partial charge in [0.1, 0.15) is 5.69 Å². The molecule has 1 fully saturated rings. The summed E-state index contributed by atoms with van der Waals surface area (Å²) in [5.74, 6) is 0.505. The highest BCUT2D eigenvalue weighted by molar-refractivity contribution is 6.30. The van der Waals surface area contributed by atoms with Crippen molar-refractivity contribution in [2.24, 2.45) is 0 Å². The van der Waals surface area contributed by atoms with Gasteiger partial charge in [-0.2, -0.15) is 0 Å². The summed E-state index contributed by atoms with van der Waals surface area (Å²) < 4.78 is 0. The molecule has 5 nitrogen and oxygen atoms in total. The molecule has 1 amide bonds. The van der Waals surface area contributed by atoms with E-state index in [1.165, 1.54) is 6.42 Å². The maximum Gasteiger partial charge on any atom is 0.272 e. The molecule has 0 saturated carbocycles. The summed E-state index contributed by atoms with van der Waals surface area (Å²) in [6.07, 6.45) is 4.15. The van der Waals surface area contributed by atoms with E-state index < -0.39 is 0 Å². The molecule has 1 aliphatic rings. The van der Waals surface area contributed by atoms with Gasteiger partial charge in [-0.1, -0.05) is 23.7 Å². The first-order chi connectivity index (χ1) is 12.1. The minimum atomic E-state index is 0.00286. The van der Waals surface area contributed by atoms with Gasteiger partial charge in [0.25, 0.3) is 5.91 Å². The summed E-state index contributed by atoms with van der Waals surface area (Å²) in [4.78, 5) is 23.3. The van der Waals surface area contributed by atoms with E-state index in [9.17, 15) is 4.79 Å². The number of likely N-dealkylation sites (tertiary alicyclic amines) is 1. The summed E-state index contributed by atoms with van der Waals surface area (Å²) in [7, 11) is 0. The van der Waals surface area contributed by atoms with Gasteiger partial charge < -0.3 is 10.2 Å². The zero-order valence-electron chi connectivity index (χ0n) is 14.5. The molecule has 1 N–H and O–H groups in total. The van der Waals surface area contributed by atoms with E-state index in [2.05, 4.69) is 15.3 Å². The SMILES string of the molecule is Cc1cc(C(=O)N2CCCCC2)nc(NCCc2cccc(Cl)c2)n1. The Hall–Kier alpha value is -2.14. The van der Waals surface area contributed by atoms with Crippen molar-refractivity contribution in [1.29, 1.82) is 0 Å². The molecule has 25 heavy (non-hydrogen) atoms. The molecule has 2 aromatic rings. The van der Waals surface area contributed by atoms with Crippen LogP contribution in [-0.2, 0) is 6.42 Å². The second-order valence-corrected chi connectivity index (χ2v) is 6.81. The lowest BCUT2D eigenvalue weighted by Crippen LogP contribution is -2.36. The molecule has 6 heteroatoms. The van der Waals surface area contributed by atoms with Crippen molar-refractivity contribution in [1.82, 2.24) is 14.9 Å². The molecule has 1 aromatic heterocycles. The number of anilines is 1. The highest BCUT2D eigenvalue weighted by Gasteiger charge is 2.20. The molecular weight excluding hydrogens is 336 g/mol. The number of amides is 1. The molecular formula is C19H23ClN4O. The van der Waals surface area contributed by atoms with Crippen molar-refractivity contribution in [2.45, 2.75) is 32.6 Å². The van der Waals surface area contributed by atoms with Crippen molar-refractivity contribution in [2.75, 3.05) is 25.0 Å². The number of carbonyl (C=O) groups is 1. The molecule has 1 aromatic carbocycles. The van der Waals surface area contributed by atoms with Crippen LogP contribution in [0.15, 0.2) is 30.3 Å². The Bertz CT molecular complexity index is 744. The van der Waals surface area contributed by atoms with Crippen LogP contribution in [-0.4, -0.2) is 40.4 Å². The van der Waals surface area contributed by atoms with E-state index in [-0.39, 0.29) is 5.91 Å². The molecule has 2 heterocycles. The number of piperidine rings is 1. The summed E-state index contributed by atoms with van der Waals surface area (Å²) in [6, 6.07) is 9.55. The van der Waals surface area contributed by atoms with Crippen LogP contribution in [0.3, 0.4) is 0 Å². The number of aryl methyl sites for hydroxylation is 1. The first-order valence-corrected chi connectivity index (χ1v) is 9.13. The number of benzene rings is 1. The predicted molar refractivity (Wildman–Crippen MR) is 100 cm³/mol. The van der Waals surface area contributed by atoms with Crippen molar-refractivity contribution < 1.29 is 4.79 Å². The molecule has 0 radical (unpaired) electrons. The summed E-state index contributed by atoms with van der Waals surface area (Å²) in [5.41, 5.74) is 2.41. The fourth-order valence-electron chi connectivity index (χ4n) is 3.03. The Morgan fingerprint density at radius 1 is 1.20 bits per heavy atom. The molecule has 0 spiro atoms. The summed E-state index contributed by atoms with van der Waals surface area (Å²) in [6.45, 7) is 4.21. The minimum absolute atomic E-state index is 0.00286. The zero-order valence-corrected chi connectivity index (χ0v) is 15.2. The first kappa shape index (κ1) is 17.7. The summed E-state index contributed by atoms with van der Waals surface area (Å²) in [5, 5.41) is 3.95. The second kappa shape index (κ2) is 8.30. The van der Waals surface area contributed by atoms with Gasteiger partial charge in [0.2, 0.25) is 5.95 Å². The lowest BCUT2D eigenvalue weighted by Gasteiger charge is -2.26. The number of hydrogen-bond donors (Lipinski definition) is 1. The first-order valence-electron chi connectivity index (χ1n) is 8.75. The van der Waals surface area contributed by atoms with Gasteiger partial charge in [-0.3, -0.25) is 4.79 Å². The number of halogens is 1. The molecule has 1 aliphatic heterocycles. The van der Waals surface area contributed by atoms with Crippen molar-refractivity contribution in [3.63, 3.8) is 0 Å². The molecule has 0 atom stereocenters.